The maximum Gasteiger partial charge on any atom is 0.326 e. The molecule has 2 N–H and O–H groups in total. The number of carbonyl (C=O) groups excluding carboxylic acids is 1. The van der Waals surface area contributed by atoms with Gasteiger partial charge in [0.25, 0.3) is 5.91 Å². The highest BCUT2D eigenvalue weighted by molar-refractivity contribution is 5.86. The van der Waals surface area contributed by atoms with Crippen LogP contribution in [0.3, 0.4) is 0 Å². The van der Waals surface area contributed by atoms with Crippen molar-refractivity contribution in [2.45, 2.75) is 39.3 Å². The van der Waals surface area contributed by atoms with Crippen molar-refractivity contribution in [3.63, 3.8) is 0 Å². The minimum absolute atomic E-state index is 0.332. The Hall–Kier alpha value is -2.04. The molecule has 1 rings (SSSR count). The molecule has 1 aromatic rings. The fourth-order valence-electron chi connectivity index (χ4n) is 1.50. The van der Waals surface area contributed by atoms with Gasteiger partial charge in [-0.3, -0.25) is 4.79 Å². The van der Waals surface area contributed by atoms with Crippen LogP contribution < -0.4 is 10.1 Å². The minimum Gasteiger partial charge on any atom is -0.481 e. The third kappa shape index (κ3) is 4.62. The molecule has 0 radical (unpaired) electrons. The van der Waals surface area contributed by atoms with E-state index in [0.717, 1.165) is 5.56 Å². The van der Waals surface area contributed by atoms with Crippen LogP contribution in [0.2, 0.25) is 0 Å². The van der Waals surface area contributed by atoms with E-state index in [1.807, 2.05) is 19.1 Å². The normalized spacial score (nSPS) is 13.4. The first-order chi connectivity index (χ1) is 8.93. The molecule has 0 saturated heterocycles. The molecule has 1 amide bonds. The second kappa shape index (κ2) is 6.78. The Bertz CT molecular complexity index is 441. The van der Waals surface area contributed by atoms with Crippen LogP contribution in [0.5, 0.6) is 5.75 Å². The van der Waals surface area contributed by atoms with E-state index >= 15 is 0 Å². The van der Waals surface area contributed by atoms with E-state index in [-0.39, 0.29) is 0 Å². The average Bonchev–Trinajstić information content (AvgIpc) is 2.37. The van der Waals surface area contributed by atoms with Crippen molar-refractivity contribution in [3.8, 4) is 5.75 Å². The number of rotatable bonds is 6. The number of carboxylic acids is 1. The standard InChI is InChI=1S/C14H19NO4/c1-4-12(14(17)18)15-13(16)10(3)19-11-7-5-9(2)6-8-11/h5-8,10,12H,4H2,1-3H3,(H,15,16)(H,17,18). The van der Waals surface area contributed by atoms with Crippen molar-refractivity contribution in [1.29, 1.82) is 0 Å². The van der Waals surface area contributed by atoms with Crippen LogP contribution in [0.15, 0.2) is 24.3 Å². The van der Waals surface area contributed by atoms with Gasteiger partial charge in [-0.25, -0.2) is 4.79 Å². The van der Waals surface area contributed by atoms with Crippen molar-refractivity contribution < 1.29 is 19.4 Å². The van der Waals surface area contributed by atoms with E-state index in [1.54, 1.807) is 26.0 Å². The highest BCUT2D eigenvalue weighted by atomic mass is 16.5. The van der Waals surface area contributed by atoms with E-state index in [9.17, 15) is 9.59 Å². The fraction of sp³-hybridized carbons (Fsp3) is 0.429. The van der Waals surface area contributed by atoms with Crippen molar-refractivity contribution in [2.24, 2.45) is 0 Å². The molecule has 1 aromatic carbocycles. The lowest BCUT2D eigenvalue weighted by atomic mass is 10.2. The quantitative estimate of drug-likeness (QED) is 0.821. The Labute approximate surface area is 112 Å². The molecular weight excluding hydrogens is 246 g/mol. The maximum atomic E-state index is 11.8. The lowest BCUT2D eigenvalue weighted by molar-refractivity contribution is -0.143. The lowest BCUT2D eigenvalue weighted by Crippen LogP contribution is -2.45. The molecule has 104 valence electrons. The molecule has 0 aliphatic rings. The van der Waals surface area contributed by atoms with Gasteiger partial charge in [0.15, 0.2) is 6.10 Å². The van der Waals surface area contributed by atoms with Gasteiger partial charge in [-0.05, 0) is 32.4 Å². The molecule has 5 nitrogen and oxygen atoms in total. The van der Waals surface area contributed by atoms with Gasteiger partial charge in [-0.15, -0.1) is 0 Å². The SMILES string of the molecule is CCC(NC(=O)C(C)Oc1ccc(C)cc1)C(=O)O. The van der Waals surface area contributed by atoms with Gasteiger partial charge in [0.1, 0.15) is 11.8 Å². The Kier molecular flexibility index (Phi) is 5.36. The van der Waals surface area contributed by atoms with Gasteiger partial charge in [-0.2, -0.15) is 0 Å². The summed E-state index contributed by atoms with van der Waals surface area (Å²) in [6.07, 6.45) is -0.408. The van der Waals surface area contributed by atoms with E-state index < -0.39 is 24.0 Å². The minimum atomic E-state index is -1.04. The van der Waals surface area contributed by atoms with E-state index in [0.29, 0.717) is 12.2 Å². The number of benzene rings is 1. The monoisotopic (exact) mass is 265 g/mol. The van der Waals surface area contributed by atoms with Crippen molar-refractivity contribution in [3.05, 3.63) is 29.8 Å². The Balaban J connectivity index is 2.57. The van der Waals surface area contributed by atoms with Gasteiger partial charge in [0.2, 0.25) is 0 Å². The van der Waals surface area contributed by atoms with Crippen LogP contribution >= 0.6 is 0 Å². The largest absolute Gasteiger partial charge is 0.481 e. The van der Waals surface area contributed by atoms with E-state index in [2.05, 4.69) is 5.32 Å². The van der Waals surface area contributed by atoms with Crippen molar-refractivity contribution in [1.82, 2.24) is 5.32 Å². The van der Waals surface area contributed by atoms with E-state index in [1.165, 1.54) is 0 Å². The summed E-state index contributed by atoms with van der Waals surface area (Å²) in [6.45, 7) is 5.24. The summed E-state index contributed by atoms with van der Waals surface area (Å²) in [5.74, 6) is -0.898. The second-order valence-corrected chi connectivity index (χ2v) is 4.38. The molecule has 0 spiro atoms. The lowest BCUT2D eigenvalue weighted by Gasteiger charge is -2.18. The predicted octanol–water partition coefficient (Wildman–Crippen LogP) is 1.74. The van der Waals surface area contributed by atoms with E-state index in [4.69, 9.17) is 9.84 Å². The summed E-state index contributed by atoms with van der Waals surface area (Å²) in [4.78, 5) is 22.6. The third-order valence-electron chi connectivity index (χ3n) is 2.73. The zero-order chi connectivity index (χ0) is 14.4. The third-order valence-corrected chi connectivity index (χ3v) is 2.73. The molecule has 0 aliphatic heterocycles. The Morgan fingerprint density at radius 2 is 1.89 bits per heavy atom. The van der Waals surface area contributed by atoms with Gasteiger partial charge >= 0.3 is 5.97 Å². The zero-order valence-electron chi connectivity index (χ0n) is 11.3. The summed E-state index contributed by atoms with van der Waals surface area (Å²) in [6, 6.07) is 6.43. The average molecular weight is 265 g/mol. The number of hydrogen-bond acceptors (Lipinski definition) is 3. The number of aryl methyl sites for hydroxylation is 1. The number of amides is 1. The number of aliphatic carboxylic acids is 1. The molecule has 2 unspecified atom stereocenters. The summed E-state index contributed by atoms with van der Waals surface area (Å²) in [5, 5.41) is 11.3. The van der Waals surface area contributed by atoms with Crippen LogP contribution in [-0.2, 0) is 9.59 Å². The summed E-state index contributed by atoms with van der Waals surface area (Å²) >= 11 is 0. The van der Waals surface area contributed by atoms with Crippen molar-refractivity contribution >= 4 is 11.9 Å². The molecule has 0 bridgehead atoms. The van der Waals surface area contributed by atoms with Gasteiger partial charge in [0, 0.05) is 0 Å². The van der Waals surface area contributed by atoms with Crippen LogP contribution in [0.25, 0.3) is 0 Å². The second-order valence-electron chi connectivity index (χ2n) is 4.38. The Morgan fingerprint density at radius 3 is 2.37 bits per heavy atom. The first-order valence-corrected chi connectivity index (χ1v) is 6.20. The summed E-state index contributed by atoms with van der Waals surface area (Å²) in [5.41, 5.74) is 1.10. The first-order valence-electron chi connectivity index (χ1n) is 6.20. The number of carbonyl (C=O) groups is 2. The topological polar surface area (TPSA) is 75.6 Å². The molecule has 0 aliphatic carbocycles. The molecule has 2 atom stereocenters. The first kappa shape index (κ1) is 15.0. The maximum absolute atomic E-state index is 11.8. The van der Waals surface area contributed by atoms with Crippen LogP contribution in [0, 0.1) is 6.92 Å². The Morgan fingerprint density at radius 1 is 1.32 bits per heavy atom. The fourth-order valence-corrected chi connectivity index (χ4v) is 1.50. The number of hydrogen-bond donors (Lipinski definition) is 2. The molecule has 19 heavy (non-hydrogen) atoms. The smallest absolute Gasteiger partial charge is 0.326 e. The highest BCUT2D eigenvalue weighted by Gasteiger charge is 2.22. The van der Waals surface area contributed by atoms with Crippen LogP contribution in [0.4, 0.5) is 0 Å². The molecular formula is C14H19NO4. The van der Waals surface area contributed by atoms with Crippen LogP contribution in [-0.4, -0.2) is 29.1 Å². The molecule has 0 aromatic heterocycles. The highest BCUT2D eigenvalue weighted by Crippen LogP contribution is 2.13. The number of carboxylic acid groups (broad SMARTS) is 1. The zero-order valence-corrected chi connectivity index (χ0v) is 11.3. The van der Waals surface area contributed by atoms with Crippen LogP contribution in [0.1, 0.15) is 25.8 Å². The number of nitrogens with one attached hydrogen (secondary N) is 1. The molecule has 0 fully saturated rings. The summed E-state index contributed by atoms with van der Waals surface area (Å²) in [7, 11) is 0. The molecule has 0 saturated carbocycles. The van der Waals surface area contributed by atoms with Gasteiger partial charge < -0.3 is 15.2 Å². The van der Waals surface area contributed by atoms with Gasteiger partial charge in [-0.1, -0.05) is 24.6 Å². The molecule has 5 heteroatoms. The summed E-state index contributed by atoms with van der Waals surface area (Å²) < 4.78 is 5.45. The van der Waals surface area contributed by atoms with Gasteiger partial charge in [0.05, 0.1) is 0 Å². The molecule has 0 heterocycles. The number of ether oxygens (including phenoxy) is 1. The van der Waals surface area contributed by atoms with Crippen molar-refractivity contribution in [2.75, 3.05) is 0 Å². The predicted molar refractivity (Wildman–Crippen MR) is 71.1 cm³/mol.